The SMILES string of the molecule is Fc1ccc(Nc2ccc3c(c2)[nH]c2ccncc23)cc1F. The Morgan fingerprint density at radius 1 is 0.818 bits per heavy atom. The monoisotopic (exact) mass is 295 g/mol. The van der Waals surface area contributed by atoms with E-state index in [9.17, 15) is 8.78 Å². The Hall–Kier alpha value is -2.95. The van der Waals surface area contributed by atoms with Gasteiger partial charge in [-0.1, -0.05) is 6.07 Å². The van der Waals surface area contributed by atoms with E-state index in [0.717, 1.165) is 39.6 Å². The van der Waals surface area contributed by atoms with Gasteiger partial charge in [-0.2, -0.15) is 0 Å². The average Bonchev–Trinajstić information content (AvgIpc) is 2.88. The first-order valence-electron chi connectivity index (χ1n) is 6.78. The average molecular weight is 295 g/mol. The third-order valence-corrected chi connectivity index (χ3v) is 3.61. The number of H-pyrrole nitrogens is 1. The van der Waals surface area contributed by atoms with Gasteiger partial charge in [0.2, 0.25) is 0 Å². The standard InChI is InChI=1S/C17H11F2N3/c18-14-4-2-10(7-15(14)19)21-11-1-3-12-13-9-20-6-5-16(13)22-17(12)8-11/h1-9,21-22H. The maximum absolute atomic E-state index is 13.2. The Morgan fingerprint density at radius 3 is 2.50 bits per heavy atom. The highest BCUT2D eigenvalue weighted by Crippen LogP contribution is 2.28. The lowest BCUT2D eigenvalue weighted by atomic mass is 10.2. The van der Waals surface area contributed by atoms with Crippen molar-refractivity contribution in [1.29, 1.82) is 0 Å². The second-order valence-electron chi connectivity index (χ2n) is 5.06. The molecule has 0 aliphatic rings. The van der Waals surface area contributed by atoms with Crippen molar-refractivity contribution in [3.05, 3.63) is 66.5 Å². The minimum absolute atomic E-state index is 0.496. The number of nitrogens with zero attached hydrogens (tertiary/aromatic N) is 1. The van der Waals surface area contributed by atoms with Gasteiger partial charge >= 0.3 is 0 Å². The number of rotatable bonds is 2. The molecule has 3 nitrogen and oxygen atoms in total. The molecule has 0 aliphatic heterocycles. The molecule has 0 unspecified atom stereocenters. The van der Waals surface area contributed by atoms with Gasteiger partial charge in [-0.05, 0) is 30.3 Å². The molecular weight excluding hydrogens is 284 g/mol. The van der Waals surface area contributed by atoms with Crippen molar-refractivity contribution in [2.24, 2.45) is 0 Å². The van der Waals surface area contributed by atoms with Crippen molar-refractivity contribution in [1.82, 2.24) is 9.97 Å². The molecule has 2 heterocycles. The van der Waals surface area contributed by atoms with Gasteiger partial charge in [-0.25, -0.2) is 8.78 Å². The molecule has 108 valence electrons. The normalized spacial score (nSPS) is 11.2. The second kappa shape index (κ2) is 4.80. The zero-order valence-electron chi connectivity index (χ0n) is 11.4. The van der Waals surface area contributed by atoms with Crippen LogP contribution in [0.4, 0.5) is 20.2 Å². The number of aromatic amines is 1. The smallest absolute Gasteiger partial charge is 0.160 e. The zero-order valence-corrected chi connectivity index (χ0v) is 11.4. The van der Waals surface area contributed by atoms with Gasteiger partial charge in [0.1, 0.15) is 0 Å². The van der Waals surface area contributed by atoms with Crippen molar-refractivity contribution < 1.29 is 8.78 Å². The van der Waals surface area contributed by atoms with E-state index in [-0.39, 0.29) is 0 Å². The highest BCUT2D eigenvalue weighted by atomic mass is 19.2. The first kappa shape index (κ1) is 12.8. The third kappa shape index (κ3) is 2.07. The van der Waals surface area contributed by atoms with E-state index in [2.05, 4.69) is 15.3 Å². The van der Waals surface area contributed by atoms with Crippen LogP contribution < -0.4 is 5.32 Å². The molecule has 0 bridgehead atoms. The Bertz CT molecular complexity index is 992. The van der Waals surface area contributed by atoms with E-state index in [0.29, 0.717) is 5.69 Å². The summed E-state index contributed by atoms with van der Waals surface area (Å²) in [7, 11) is 0. The molecule has 2 aromatic carbocycles. The van der Waals surface area contributed by atoms with Crippen LogP contribution in [0.1, 0.15) is 0 Å². The largest absolute Gasteiger partial charge is 0.355 e. The van der Waals surface area contributed by atoms with E-state index < -0.39 is 11.6 Å². The van der Waals surface area contributed by atoms with Crippen LogP contribution in [0, 0.1) is 11.6 Å². The van der Waals surface area contributed by atoms with E-state index in [1.54, 1.807) is 6.20 Å². The van der Waals surface area contributed by atoms with Gasteiger partial charge in [0.25, 0.3) is 0 Å². The summed E-state index contributed by atoms with van der Waals surface area (Å²) in [5, 5.41) is 5.19. The summed E-state index contributed by atoms with van der Waals surface area (Å²) in [6.45, 7) is 0. The Balaban J connectivity index is 1.75. The molecule has 0 spiro atoms. The van der Waals surface area contributed by atoms with Gasteiger partial charge in [0.05, 0.1) is 0 Å². The van der Waals surface area contributed by atoms with Gasteiger partial charge < -0.3 is 10.3 Å². The summed E-state index contributed by atoms with van der Waals surface area (Å²) in [6, 6.07) is 11.4. The molecule has 0 fully saturated rings. The molecule has 0 radical (unpaired) electrons. The molecule has 0 saturated carbocycles. The fourth-order valence-corrected chi connectivity index (χ4v) is 2.56. The molecule has 2 aromatic heterocycles. The van der Waals surface area contributed by atoms with E-state index in [1.165, 1.54) is 6.07 Å². The lowest BCUT2D eigenvalue weighted by molar-refractivity contribution is 0.509. The van der Waals surface area contributed by atoms with Crippen molar-refractivity contribution in [2.75, 3.05) is 5.32 Å². The van der Waals surface area contributed by atoms with E-state index in [4.69, 9.17) is 0 Å². The first-order chi connectivity index (χ1) is 10.7. The van der Waals surface area contributed by atoms with Crippen LogP contribution in [0.5, 0.6) is 0 Å². The minimum Gasteiger partial charge on any atom is -0.355 e. The molecule has 0 atom stereocenters. The predicted octanol–water partition coefficient (Wildman–Crippen LogP) is 4.74. The van der Waals surface area contributed by atoms with E-state index >= 15 is 0 Å². The molecule has 22 heavy (non-hydrogen) atoms. The Kier molecular flexibility index (Phi) is 2.79. The summed E-state index contributed by atoms with van der Waals surface area (Å²) in [5.74, 6) is -1.73. The van der Waals surface area contributed by atoms with Crippen LogP contribution in [0.2, 0.25) is 0 Å². The van der Waals surface area contributed by atoms with Crippen molar-refractivity contribution in [3.8, 4) is 0 Å². The van der Waals surface area contributed by atoms with Crippen LogP contribution in [0.25, 0.3) is 21.8 Å². The van der Waals surface area contributed by atoms with Crippen molar-refractivity contribution in [3.63, 3.8) is 0 Å². The van der Waals surface area contributed by atoms with Crippen molar-refractivity contribution >= 4 is 33.2 Å². The van der Waals surface area contributed by atoms with Crippen LogP contribution in [-0.2, 0) is 0 Å². The predicted molar refractivity (Wildman–Crippen MR) is 83.2 cm³/mol. The third-order valence-electron chi connectivity index (χ3n) is 3.61. The molecule has 4 aromatic rings. The molecule has 5 heteroatoms. The molecule has 0 amide bonds. The number of halogens is 2. The summed E-state index contributed by atoms with van der Waals surface area (Å²) < 4.78 is 26.2. The molecular formula is C17H11F2N3. The van der Waals surface area contributed by atoms with Crippen LogP contribution in [0.15, 0.2) is 54.9 Å². The highest BCUT2D eigenvalue weighted by molar-refractivity contribution is 6.07. The summed E-state index contributed by atoms with van der Waals surface area (Å²) in [4.78, 5) is 7.44. The highest BCUT2D eigenvalue weighted by Gasteiger charge is 2.06. The number of nitrogens with one attached hydrogen (secondary N) is 2. The number of hydrogen-bond acceptors (Lipinski definition) is 2. The number of hydrogen-bond donors (Lipinski definition) is 2. The summed E-state index contributed by atoms with van der Waals surface area (Å²) in [6.07, 6.45) is 3.55. The quantitative estimate of drug-likeness (QED) is 0.561. The Morgan fingerprint density at radius 2 is 1.64 bits per heavy atom. The van der Waals surface area contributed by atoms with Gasteiger partial charge in [0.15, 0.2) is 11.6 Å². The molecule has 0 aliphatic carbocycles. The van der Waals surface area contributed by atoms with Gasteiger partial charge in [-0.15, -0.1) is 0 Å². The van der Waals surface area contributed by atoms with Crippen LogP contribution >= 0.6 is 0 Å². The van der Waals surface area contributed by atoms with Crippen LogP contribution in [0.3, 0.4) is 0 Å². The summed E-state index contributed by atoms with van der Waals surface area (Å²) >= 11 is 0. The Labute approximate surface area is 124 Å². The molecule has 0 saturated heterocycles. The lowest BCUT2D eigenvalue weighted by Crippen LogP contribution is -1.92. The van der Waals surface area contributed by atoms with Gasteiger partial charge in [0, 0.05) is 51.6 Å². The second-order valence-corrected chi connectivity index (χ2v) is 5.06. The fourth-order valence-electron chi connectivity index (χ4n) is 2.56. The van der Waals surface area contributed by atoms with Gasteiger partial charge in [-0.3, -0.25) is 4.98 Å². The molecule has 4 rings (SSSR count). The topological polar surface area (TPSA) is 40.7 Å². The first-order valence-corrected chi connectivity index (χ1v) is 6.78. The number of aromatic nitrogens is 2. The zero-order chi connectivity index (χ0) is 15.1. The maximum Gasteiger partial charge on any atom is 0.160 e. The fraction of sp³-hybridized carbons (Fsp3) is 0. The molecule has 2 N–H and O–H groups in total. The number of pyridine rings is 1. The van der Waals surface area contributed by atoms with Crippen LogP contribution in [-0.4, -0.2) is 9.97 Å². The maximum atomic E-state index is 13.2. The number of anilines is 2. The van der Waals surface area contributed by atoms with E-state index in [1.807, 2.05) is 30.5 Å². The number of fused-ring (bicyclic) bond motifs is 3. The summed E-state index contributed by atoms with van der Waals surface area (Å²) in [5.41, 5.74) is 3.25. The number of benzene rings is 2. The van der Waals surface area contributed by atoms with Crippen molar-refractivity contribution in [2.45, 2.75) is 0 Å². The minimum atomic E-state index is -0.872. The lowest BCUT2D eigenvalue weighted by Gasteiger charge is -2.07.